The van der Waals surface area contributed by atoms with Gasteiger partial charge in [0.15, 0.2) is 11.5 Å². The van der Waals surface area contributed by atoms with E-state index in [0.29, 0.717) is 19.1 Å². The van der Waals surface area contributed by atoms with Gasteiger partial charge in [-0.1, -0.05) is 19.9 Å². The maximum Gasteiger partial charge on any atom is 0.161 e. The van der Waals surface area contributed by atoms with E-state index in [1.807, 2.05) is 6.07 Å². The second-order valence-corrected chi connectivity index (χ2v) is 4.58. The molecule has 0 heterocycles. The lowest BCUT2D eigenvalue weighted by molar-refractivity contribution is 0.256. The number of ether oxygens (including phenoxy) is 2. The zero-order valence-electron chi connectivity index (χ0n) is 11.0. The average Bonchev–Trinajstić information content (AvgIpc) is 2.33. The van der Waals surface area contributed by atoms with E-state index < -0.39 is 0 Å². The molecule has 0 aliphatic carbocycles. The topological polar surface area (TPSA) is 44.5 Å². The summed E-state index contributed by atoms with van der Waals surface area (Å²) in [6, 6.07) is 6.08. The zero-order valence-corrected chi connectivity index (χ0v) is 11.0. The third-order valence-corrected chi connectivity index (χ3v) is 2.47. The van der Waals surface area contributed by atoms with Gasteiger partial charge >= 0.3 is 0 Å². The monoisotopic (exact) mass is 237 g/mol. The molecular formula is C14H23NO2. The van der Waals surface area contributed by atoms with Crippen LogP contribution < -0.4 is 15.2 Å². The third-order valence-electron chi connectivity index (χ3n) is 2.47. The highest BCUT2D eigenvalue weighted by Crippen LogP contribution is 2.28. The van der Waals surface area contributed by atoms with Gasteiger partial charge in [-0.3, -0.25) is 0 Å². The first kappa shape index (κ1) is 13.8. The van der Waals surface area contributed by atoms with Gasteiger partial charge in [-0.15, -0.1) is 0 Å². The second kappa shape index (κ2) is 7.17. The minimum absolute atomic E-state index is 0.507. The van der Waals surface area contributed by atoms with Crippen LogP contribution in [0, 0.1) is 5.92 Å². The van der Waals surface area contributed by atoms with E-state index in [1.165, 1.54) is 5.56 Å². The van der Waals surface area contributed by atoms with Gasteiger partial charge in [-0.25, -0.2) is 0 Å². The molecule has 3 nitrogen and oxygen atoms in total. The zero-order chi connectivity index (χ0) is 12.7. The van der Waals surface area contributed by atoms with Crippen LogP contribution in [-0.4, -0.2) is 20.3 Å². The van der Waals surface area contributed by atoms with Gasteiger partial charge in [-0.05, 0) is 43.0 Å². The van der Waals surface area contributed by atoms with E-state index in [-0.39, 0.29) is 0 Å². The Balaban J connectivity index is 2.75. The molecule has 0 aromatic heterocycles. The number of benzene rings is 1. The number of aryl methyl sites for hydroxylation is 1. The lowest BCUT2D eigenvalue weighted by atomic mass is 10.1. The molecule has 2 N–H and O–H groups in total. The minimum atomic E-state index is 0.507. The smallest absolute Gasteiger partial charge is 0.161 e. The number of hydrogen-bond acceptors (Lipinski definition) is 3. The van der Waals surface area contributed by atoms with Crippen molar-refractivity contribution in [3.8, 4) is 11.5 Å². The molecular weight excluding hydrogens is 214 g/mol. The standard InChI is InChI=1S/C14H23NO2/c1-11(2)10-17-14-9-12(5-4-8-15)6-7-13(14)16-3/h6-7,9,11H,4-5,8,10,15H2,1-3H3. The number of methoxy groups -OCH3 is 1. The van der Waals surface area contributed by atoms with Crippen molar-refractivity contribution in [1.29, 1.82) is 0 Å². The van der Waals surface area contributed by atoms with Crippen LogP contribution in [0.4, 0.5) is 0 Å². The highest BCUT2D eigenvalue weighted by molar-refractivity contribution is 5.43. The van der Waals surface area contributed by atoms with Gasteiger partial charge < -0.3 is 15.2 Å². The molecule has 0 radical (unpaired) electrons. The molecule has 0 aliphatic heterocycles. The minimum Gasteiger partial charge on any atom is -0.493 e. The molecule has 0 bridgehead atoms. The Hall–Kier alpha value is -1.22. The molecule has 3 heteroatoms. The average molecular weight is 237 g/mol. The van der Waals surface area contributed by atoms with Crippen LogP contribution in [0.5, 0.6) is 11.5 Å². The summed E-state index contributed by atoms with van der Waals surface area (Å²) in [5.74, 6) is 2.13. The van der Waals surface area contributed by atoms with Gasteiger partial charge in [0.05, 0.1) is 13.7 Å². The molecule has 1 rings (SSSR count). The lowest BCUT2D eigenvalue weighted by Crippen LogP contribution is -2.06. The van der Waals surface area contributed by atoms with Crippen LogP contribution >= 0.6 is 0 Å². The maximum absolute atomic E-state index is 5.75. The third kappa shape index (κ3) is 4.65. The van der Waals surface area contributed by atoms with Gasteiger partial charge in [0.25, 0.3) is 0 Å². The van der Waals surface area contributed by atoms with E-state index in [1.54, 1.807) is 7.11 Å². The fourth-order valence-corrected chi connectivity index (χ4v) is 1.55. The summed E-state index contributed by atoms with van der Waals surface area (Å²) >= 11 is 0. The molecule has 0 amide bonds. The van der Waals surface area contributed by atoms with Crippen molar-refractivity contribution in [2.45, 2.75) is 26.7 Å². The summed E-state index contributed by atoms with van der Waals surface area (Å²) in [5, 5.41) is 0. The molecule has 0 spiro atoms. The van der Waals surface area contributed by atoms with Crippen molar-refractivity contribution < 1.29 is 9.47 Å². The van der Waals surface area contributed by atoms with Gasteiger partial charge in [0.1, 0.15) is 0 Å². The summed E-state index contributed by atoms with van der Waals surface area (Å²) < 4.78 is 11.0. The fourth-order valence-electron chi connectivity index (χ4n) is 1.55. The first-order valence-electron chi connectivity index (χ1n) is 6.17. The summed E-state index contributed by atoms with van der Waals surface area (Å²) in [5.41, 5.74) is 6.76. The lowest BCUT2D eigenvalue weighted by Gasteiger charge is -2.13. The fraction of sp³-hybridized carbons (Fsp3) is 0.571. The van der Waals surface area contributed by atoms with Crippen molar-refractivity contribution in [2.24, 2.45) is 11.7 Å². The molecule has 0 saturated heterocycles. The first-order valence-corrected chi connectivity index (χ1v) is 6.17. The summed E-state index contributed by atoms with van der Waals surface area (Å²) in [6.07, 6.45) is 1.98. The van der Waals surface area contributed by atoms with Crippen LogP contribution in [0.15, 0.2) is 18.2 Å². The van der Waals surface area contributed by atoms with Gasteiger partial charge in [-0.2, -0.15) is 0 Å². The number of rotatable bonds is 7. The van der Waals surface area contributed by atoms with E-state index >= 15 is 0 Å². The number of nitrogens with two attached hydrogens (primary N) is 1. The molecule has 0 aliphatic rings. The van der Waals surface area contributed by atoms with E-state index in [4.69, 9.17) is 15.2 Å². The van der Waals surface area contributed by atoms with Crippen LogP contribution in [0.1, 0.15) is 25.8 Å². The van der Waals surface area contributed by atoms with Crippen LogP contribution in [-0.2, 0) is 6.42 Å². The molecule has 0 fully saturated rings. The van der Waals surface area contributed by atoms with Crippen molar-refractivity contribution in [1.82, 2.24) is 0 Å². The Bertz CT molecular complexity index is 337. The predicted octanol–water partition coefficient (Wildman–Crippen LogP) is 2.62. The SMILES string of the molecule is COc1ccc(CCCN)cc1OCC(C)C. The van der Waals surface area contributed by atoms with Gasteiger partial charge in [0.2, 0.25) is 0 Å². The molecule has 17 heavy (non-hydrogen) atoms. The molecule has 0 unspecified atom stereocenters. The maximum atomic E-state index is 5.75. The quantitative estimate of drug-likeness (QED) is 0.793. The second-order valence-electron chi connectivity index (χ2n) is 4.58. The molecule has 1 aromatic rings. The molecule has 0 atom stereocenters. The van der Waals surface area contributed by atoms with Crippen molar-refractivity contribution >= 4 is 0 Å². The van der Waals surface area contributed by atoms with Crippen LogP contribution in [0.3, 0.4) is 0 Å². The van der Waals surface area contributed by atoms with E-state index in [2.05, 4.69) is 26.0 Å². The normalized spacial score (nSPS) is 10.6. The Morgan fingerprint density at radius 2 is 2.00 bits per heavy atom. The van der Waals surface area contributed by atoms with Crippen molar-refractivity contribution in [3.63, 3.8) is 0 Å². The Morgan fingerprint density at radius 1 is 1.24 bits per heavy atom. The highest BCUT2D eigenvalue weighted by atomic mass is 16.5. The van der Waals surface area contributed by atoms with E-state index in [9.17, 15) is 0 Å². The molecule has 1 aromatic carbocycles. The Labute approximate surface area is 104 Å². The summed E-state index contributed by atoms with van der Waals surface area (Å²) in [7, 11) is 1.66. The summed E-state index contributed by atoms with van der Waals surface area (Å²) in [6.45, 7) is 5.68. The van der Waals surface area contributed by atoms with Crippen LogP contribution in [0.25, 0.3) is 0 Å². The van der Waals surface area contributed by atoms with Crippen molar-refractivity contribution in [2.75, 3.05) is 20.3 Å². The largest absolute Gasteiger partial charge is 0.493 e. The Kier molecular flexibility index (Phi) is 5.84. The highest BCUT2D eigenvalue weighted by Gasteiger charge is 2.06. The molecule has 96 valence electrons. The Morgan fingerprint density at radius 3 is 2.59 bits per heavy atom. The first-order chi connectivity index (χ1) is 8.17. The van der Waals surface area contributed by atoms with E-state index in [0.717, 1.165) is 24.3 Å². The number of hydrogen-bond donors (Lipinski definition) is 1. The predicted molar refractivity (Wildman–Crippen MR) is 70.7 cm³/mol. The van der Waals surface area contributed by atoms with Crippen molar-refractivity contribution in [3.05, 3.63) is 23.8 Å². The van der Waals surface area contributed by atoms with Crippen LogP contribution in [0.2, 0.25) is 0 Å². The van der Waals surface area contributed by atoms with Gasteiger partial charge in [0, 0.05) is 0 Å². The molecule has 0 saturated carbocycles. The summed E-state index contributed by atoms with van der Waals surface area (Å²) in [4.78, 5) is 0.